The monoisotopic (exact) mass is 405 g/mol. The third kappa shape index (κ3) is 4.08. The van der Waals surface area contributed by atoms with Crippen molar-refractivity contribution in [1.29, 1.82) is 0 Å². The number of aryl methyl sites for hydroxylation is 1. The van der Waals surface area contributed by atoms with Crippen molar-refractivity contribution in [3.8, 4) is 0 Å². The zero-order valence-electron chi connectivity index (χ0n) is 17.2. The minimum Gasteiger partial charge on any atom is -0.326 e. The Balaban J connectivity index is 1.60. The summed E-state index contributed by atoms with van der Waals surface area (Å²) in [5, 5.41) is 2.84. The quantitative estimate of drug-likeness (QED) is 0.745. The molecule has 2 fully saturated rings. The number of anilines is 2. The number of amides is 4. The third-order valence-electron chi connectivity index (χ3n) is 5.92. The number of nitrogens with one attached hydrogen (secondary N) is 1. The summed E-state index contributed by atoms with van der Waals surface area (Å²) in [5.74, 6) is -0.585. The van der Waals surface area contributed by atoms with E-state index in [4.69, 9.17) is 0 Å². The van der Waals surface area contributed by atoms with Gasteiger partial charge in [0.25, 0.3) is 5.91 Å². The van der Waals surface area contributed by atoms with E-state index in [0.717, 1.165) is 37.7 Å². The molecule has 1 N–H and O–H groups in total. The molecule has 1 aliphatic heterocycles. The number of carbonyl (C=O) groups is 3. The van der Waals surface area contributed by atoms with Crippen LogP contribution in [0.5, 0.6) is 0 Å². The Morgan fingerprint density at radius 1 is 1.00 bits per heavy atom. The Bertz CT molecular complexity index is 938. The molecule has 0 aromatic heterocycles. The van der Waals surface area contributed by atoms with E-state index in [1.54, 1.807) is 23.1 Å². The maximum Gasteiger partial charge on any atom is 0.332 e. The summed E-state index contributed by atoms with van der Waals surface area (Å²) in [5.41, 5.74) is 2.22. The summed E-state index contributed by atoms with van der Waals surface area (Å²) in [6, 6.07) is 15.5. The Labute approximate surface area is 176 Å². The molecule has 1 atom stereocenters. The molecule has 1 saturated carbocycles. The lowest BCUT2D eigenvalue weighted by atomic mass is 9.93. The van der Waals surface area contributed by atoms with Crippen molar-refractivity contribution in [1.82, 2.24) is 4.90 Å². The van der Waals surface area contributed by atoms with Gasteiger partial charge < -0.3 is 10.2 Å². The molecular formula is C24H27N3O3. The number of rotatable bonds is 5. The van der Waals surface area contributed by atoms with Gasteiger partial charge in [-0.3, -0.25) is 9.59 Å². The van der Waals surface area contributed by atoms with Crippen molar-refractivity contribution in [2.24, 2.45) is 0 Å². The first-order valence-electron chi connectivity index (χ1n) is 10.6. The van der Waals surface area contributed by atoms with Crippen LogP contribution in [0.4, 0.5) is 16.2 Å². The summed E-state index contributed by atoms with van der Waals surface area (Å²) in [6.45, 7) is 1.93. The molecule has 6 nitrogen and oxygen atoms in total. The van der Waals surface area contributed by atoms with E-state index in [2.05, 4.69) is 5.32 Å². The van der Waals surface area contributed by atoms with Crippen LogP contribution in [0.3, 0.4) is 0 Å². The highest BCUT2D eigenvalue weighted by molar-refractivity contribution is 6.22. The van der Waals surface area contributed by atoms with Crippen LogP contribution in [0, 0.1) is 6.92 Å². The molecule has 6 heteroatoms. The maximum absolute atomic E-state index is 13.4. The van der Waals surface area contributed by atoms with Crippen molar-refractivity contribution in [3.63, 3.8) is 0 Å². The van der Waals surface area contributed by atoms with Gasteiger partial charge in [-0.2, -0.15) is 0 Å². The topological polar surface area (TPSA) is 69.7 Å². The van der Waals surface area contributed by atoms with Gasteiger partial charge in [0.15, 0.2) is 0 Å². The number of benzene rings is 2. The predicted octanol–water partition coefficient (Wildman–Crippen LogP) is 4.49. The van der Waals surface area contributed by atoms with Crippen LogP contribution in [-0.4, -0.2) is 34.8 Å². The number of para-hydroxylation sites is 1. The van der Waals surface area contributed by atoms with Gasteiger partial charge in [0.2, 0.25) is 5.91 Å². The second-order valence-electron chi connectivity index (χ2n) is 8.13. The second kappa shape index (κ2) is 8.69. The summed E-state index contributed by atoms with van der Waals surface area (Å²) in [7, 11) is 0. The SMILES string of the molecule is Cc1cccc(N2C(=O)[C@H](CC(=O)Nc3ccccc3)N(C3CCCCC3)C2=O)c1. The summed E-state index contributed by atoms with van der Waals surface area (Å²) >= 11 is 0. The first-order chi connectivity index (χ1) is 14.5. The predicted molar refractivity (Wildman–Crippen MR) is 116 cm³/mol. The first-order valence-corrected chi connectivity index (χ1v) is 10.6. The number of hydrogen-bond donors (Lipinski definition) is 1. The molecule has 156 valence electrons. The van der Waals surface area contributed by atoms with E-state index >= 15 is 0 Å². The molecule has 0 radical (unpaired) electrons. The van der Waals surface area contributed by atoms with Crippen LogP contribution < -0.4 is 10.2 Å². The van der Waals surface area contributed by atoms with Gasteiger partial charge in [0.1, 0.15) is 6.04 Å². The van der Waals surface area contributed by atoms with Gasteiger partial charge in [-0.05, 0) is 49.6 Å². The van der Waals surface area contributed by atoms with Gasteiger partial charge >= 0.3 is 6.03 Å². The van der Waals surface area contributed by atoms with Crippen LogP contribution in [0.1, 0.15) is 44.1 Å². The Morgan fingerprint density at radius 2 is 1.73 bits per heavy atom. The van der Waals surface area contributed by atoms with Gasteiger partial charge in [-0.25, -0.2) is 9.69 Å². The van der Waals surface area contributed by atoms with Gasteiger partial charge in [0.05, 0.1) is 12.1 Å². The second-order valence-corrected chi connectivity index (χ2v) is 8.13. The van der Waals surface area contributed by atoms with E-state index in [-0.39, 0.29) is 30.3 Å². The smallest absolute Gasteiger partial charge is 0.326 e. The highest BCUT2D eigenvalue weighted by Gasteiger charge is 2.49. The highest BCUT2D eigenvalue weighted by Crippen LogP contribution is 2.33. The van der Waals surface area contributed by atoms with E-state index in [1.807, 2.05) is 43.3 Å². The molecule has 1 saturated heterocycles. The zero-order chi connectivity index (χ0) is 21.1. The molecule has 2 aliphatic rings. The van der Waals surface area contributed by atoms with Crippen molar-refractivity contribution >= 4 is 29.2 Å². The Hall–Kier alpha value is -3.15. The van der Waals surface area contributed by atoms with Gasteiger partial charge in [-0.1, -0.05) is 49.6 Å². The molecule has 0 spiro atoms. The summed E-state index contributed by atoms with van der Waals surface area (Å²) < 4.78 is 0. The average Bonchev–Trinajstić information content (AvgIpc) is 2.99. The van der Waals surface area contributed by atoms with Crippen molar-refractivity contribution in [3.05, 3.63) is 60.2 Å². The molecule has 0 bridgehead atoms. The average molecular weight is 405 g/mol. The van der Waals surface area contributed by atoms with E-state index in [9.17, 15) is 14.4 Å². The zero-order valence-corrected chi connectivity index (χ0v) is 17.2. The van der Waals surface area contributed by atoms with Crippen molar-refractivity contribution < 1.29 is 14.4 Å². The molecule has 1 aliphatic carbocycles. The summed E-state index contributed by atoms with van der Waals surface area (Å²) in [6.07, 6.45) is 4.92. The number of urea groups is 1. The lowest BCUT2D eigenvalue weighted by molar-refractivity contribution is -0.125. The molecule has 2 aromatic rings. The van der Waals surface area contributed by atoms with Crippen LogP contribution in [0.2, 0.25) is 0 Å². The highest BCUT2D eigenvalue weighted by atomic mass is 16.2. The van der Waals surface area contributed by atoms with Crippen molar-refractivity contribution in [2.75, 3.05) is 10.2 Å². The number of carbonyl (C=O) groups excluding carboxylic acids is 3. The maximum atomic E-state index is 13.4. The van der Waals surface area contributed by atoms with E-state index in [1.165, 1.54) is 4.90 Å². The fraction of sp³-hybridized carbons (Fsp3) is 0.375. The minimum atomic E-state index is -0.773. The fourth-order valence-corrected chi connectivity index (χ4v) is 4.48. The lowest BCUT2D eigenvalue weighted by Crippen LogP contribution is -2.45. The molecule has 1 heterocycles. The minimum absolute atomic E-state index is 0.000431. The third-order valence-corrected chi connectivity index (χ3v) is 5.92. The van der Waals surface area contributed by atoms with Crippen LogP contribution in [0.15, 0.2) is 54.6 Å². The first kappa shape index (κ1) is 20.1. The van der Waals surface area contributed by atoms with Gasteiger partial charge in [-0.15, -0.1) is 0 Å². The largest absolute Gasteiger partial charge is 0.332 e. The molecule has 4 amide bonds. The number of nitrogens with zero attached hydrogens (tertiary/aromatic N) is 2. The van der Waals surface area contributed by atoms with Crippen LogP contribution in [-0.2, 0) is 9.59 Å². The molecule has 30 heavy (non-hydrogen) atoms. The summed E-state index contributed by atoms with van der Waals surface area (Å²) in [4.78, 5) is 42.4. The normalized spacial score (nSPS) is 20.0. The lowest BCUT2D eigenvalue weighted by Gasteiger charge is -2.33. The Morgan fingerprint density at radius 3 is 2.43 bits per heavy atom. The number of hydrogen-bond acceptors (Lipinski definition) is 3. The van der Waals surface area contributed by atoms with Crippen LogP contribution in [0.25, 0.3) is 0 Å². The standard InChI is InChI=1S/C24H27N3O3/c1-17-9-8-14-20(15-17)27-23(29)21(16-22(28)25-18-10-4-2-5-11-18)26(24(27)30)19-12-6-3-7-13-19/h2,4-5,8-11,14-15,19,21H,3,6-7,12-13,16H2,1H3,(H,25,28)/t21-/m0/s1. The van der Waals surface area contributed by atoms with Crippen molar-refractivity contribution in [2.45, 2.75) is 57.5 Å². The Kier molecular flexibility index (Phi) is 5.84. The van der Waals surface area contributed by atoms with Gasteiger partial charge in [0, 0.05) is 11.7 Å². The molecule has 0 unspecified atom stereocenters. The van der Waals surface area contributed by atoms with E-state index < -0.39 is 6.04 Å². The molecular weight excluding hydrogens is 378 g/mol. The fourth-order valence-electron chi connectivity index (χ4n) is 4.48. The molecule has 4 rings (SSSR count). The number of imide groups is 1. The molecule has 2 aromatic carbocycles. The van der Waals surface area contributed by atoms with Crippen LogP contribution >= 0.6 is 0 Å². The van der Waals surface area contributed by atoms with E-state index in [0.29, 0.717) is 11.4 Å².